The summed E-state index contributed by atoms with van der Waals surface area (Å²) >= 11 is 0. The standard InChI is InChI=1S/C15H16O5/c1-10(16)19-15(11-6-3-2-4-7-11)14(18)12-8-5-9-13(17)20-12/h2-7,9,12,14-15,18H,8H2,1H3/t12-,14+,15-/m0/s1. The van der Waals surface area contributed by atoms with E-state index >= 15 is 0 Å². The minimum Gasteiger partial charge on any atom is -0.456 e. The first-order valence-corrected chi connectivity index (χ1v) is 6.35. The molecule has 0 unspecified atom stereocenters. The average Bonchev–Trinajstić information content (AvgIpc) is 2.45. The van der Waals surface area contributed by atoms with Crippen LogP contribution < -0.4 is 0 Å². The van der Waals surface area contributed by atoms with E-state index in [9.17, 15) is 14.7 Å². The highest BCUT2D eigenvalue weighted by atomic mass is 16.6. The number of cyclic esters (lactones) is 1. The maximum atomic E-state index is 11.2. The van der Waals surface area contributed by atoms with Gasteiger partial charge in [-0.15, -0.1) is 0 Å². The molecular formula is C15H16O5. The van der Waals surface area contributed by atoms with Crippen LogP contribution in [0.1, 0.15) is 25.0 Å². The number of aliphatic hydroxyl groups is 1. The topological polar surface area (TPSA) is 72.8 Å². The lowest BCUT2D eigenvalue weighted by atomic mass is 9.97. The van der Waals surface area contributed by atoms with Crippen LogP contribution in [0.3, 0.4) is 0 Å². The Balaban J connectivity index is 2.20. The van der Waals surface area contributed by atoms with E-state index in [0.717, 1.165) is 0 Å². The first-order valence-electron chi connectivity index (χ1n) is 6.35. The molecule has 2 rings (SSSR count). The van der Waals surface area contributed by atoms with Gasteiger partial charge in [-0.05, 0) is 5.56 Å². The number of hydrogen-bond acceptors (Lipinski definition) is 5. The summed E-state index contributed by atoms with van der Waals surface area (Å²) in [4.78, 5) is 22.5. The third-order valence-corrected chi connectivity index (χ3v) is 3.00. The molecule has 0 aromatic heterocycles. The zero-order valence-corrected chi connectivity index (χ0v) is 11.1. The van der Waals surface area contributed by atoms with Crippen molar-refractivity contribution in [1.82, 2.24) is 0 Å². The first-order chi connectivity index (χ1) is 9.58. The second-order valence-corrected chi connectivity index (χ2v) is 4.54. The molecule has 1 aromatic carbocycles. The molecule has 3 atom stereocenters. The summed E-state index contributed by atoms with van der Waals surface area (Å²) in [5.74, 6) is -1.01. The van der Waals surface area contributed by atoms with Gasteiger partial charge in [0.25, 0.3) is 0 Å². The Bertz CT molecular complexity index is 508. The molecule has 0 radical (unpaired) electrons. The van der Waals surface area contributed by atoms with E-state index in [1.54, 1.807) is 30.3 Å². The van der Waals surface area contributed by atoms with Gasteiger partial charge < -0.3 is 14.6 Å². The first kappa shape index (κ1) is 14.3. The molecule has 0 saturated heterocycles. The van der Waals surface area contributed by atoms with Crippen molar-refractivity contribution in [3.63, 3.8) is 0 Å². The van der Waals surface area contributed by atoms with Gasteiger partial charge in [-0.3, -0.25) is 4.79 Å². The number of carbonyl (C=O) groups is 2. The summed E-state index contributed by atoms with van der Waals surface area (Å²) in [5.41, 5.74) is 0.654. The Morgan fingerprint density at radius 1 is 1.40 bits per heavy atom. The molecule has 1 aliphatic heterocycles. The summed E-state index contributed by atoms with van der Waals surface area (Å²) in [6.07, 6.45) is 0.629. The Hall–Kier alpha value is -2.14. The predicted octanol–water partition coefficient (Wildman–Crippen LogP) is 1.52. The van der Waals surface area contributed by atoms with E-state index in [4.69, 9.17) is 9.47 Å². The number of carbonyl (C=O) groups excluding carboxylic acids is 2. The van der Waals surface area contributed by atoms with Crippen molar-refractivity contribution >= 4 is 11.9 Å². The minimum absolute atomic E-state index is 0.386. The van der Waals surface area contributed by atoms with Crippen molar-refractivity contribution in [2.75, 3.05) is 0 Å². The molecule has 0 aliphatic carbocycles. The van der Waals surface area contributed by atoms with Gasteiger partial charge >= 0.3 is 11.9 Å². The van der Waals surface area contributed by atoms with Crippen molar-refractivity contribution in [3.8, 4) is 0 Å². The fourth-order valence-electron chi connectivity index (χ4n) is 2.10. The SMILES string of the molecule is CC(=O)O[C@@H](c1ccccc1)[C@H](O)[C@@H]1CC=CC(=O)O1. The molecule has 0 bridgehead atoms. The van der Waals surface area contributed by atoms with Crippen LogP contribution in [0.25, 0.3) is 0 Å². The monoisotopic (exact) mass is 276 g/mol. The number of esters is 2. The fraction of sp³-hybridized carbons (Fsp3) is 0.333. The molecule has 106 valence electrons. The maximum Gasteiger partial charge on any atom is 0.330 e. The highest BCUT2D eigenvalue weighted by Gasteiger charge is 2.34. The number of hydrogen-bond donors (Lipinski definition) is 1. The van der Waals surface area contributed by atoms with E-state index in [1.165, 1.54) is 13.0 Å². The van der Waals surface area contributed by atoms with Gasteiger partial charge in [0.15, 0.2) is 6.10 Å². The molecule has 5 heteroatoms. The molecule has 1 aromatic rings. The second-order valence-electron chi connectivity index (χ2n) is 4.54. The number of benzene rings is 1. The number of aliphatic hydroxyl groups excluding tert-OH is 1. The van der Waals surface area contributed by atoms with E-state index in [1.807, 2.05) is 6.07 Å². The van der Waals surface area contributed by atoms with Crippen molar-refractivity contribution in [2.24, 2.45) is 0 Å². The molecule has 1 N–H and O–H groups in total. The largest absolute Gasteiger partial charge is 0.456 e. The maximum absolute atomic E-state index is 11.2. The summed E-state index contributed by atoms with van der Waals surface area (Å²) in [6, 6.07) is 8.88. The quantitative estimate of drug-likeness (QED) is 0.844. The van der Waals surface area contributed by atoms with E-state index in [2.05, 4.69) is 0 Å². The van der Waals surface area contributed by atoms with Crippen LogP contribution in [0, 0.1) is 0 Å². The molecule has 0 saturated carbocycles. The van der Waals surface area contributed by atoms with Crippen LogP contribution in [0.5, 0.6) is 0 Å². The van der Waals surface area contributed by atoms with Crippen molar-refractivity contribution < 1.29 is 24.2 Å². The molecule has 1 heterocycles. The normalized spacial score (nSPS) is 20.9. The summed E-state index contributed by atoms with van der Waals surface area (Å²) in [6.45, 7) is 1.27. The Morgan fingerprint density at radius 2 is 2.10 bits per heavy atom. The lowest BCUT2D eigenvalue weighted by Crippen LogP contribution is -2.38. The fourth-order valence-corrected chi connectivity index (χ4v) is 2.10. The van der Waals surface area contributed by atoms with Gasteiger partial charge in [0.1, 0.15) is 12.2 Å². The third-order valence-electron chi connectivity index (χ3n) is 3.00. The second kappa shape index (κ2) is 6.34. The van der Waals surface area contributed by atoms with E-state index in [0.29, 0.717) is 12.0 Å². The van der Waals surface area contributed by atoms with Crippen LogP contribution in [0.2, 0.25) is 0 Å². The smallest absolute Gasteiger partial charge is 0.330 e. The zero-order chi connectivity index (χ0) is 14.5. The number of ether oxygens (including phenoxy) is 2. The van der Waals surface area contributed by atoms with E-state index < -0.39 is 30.3 Å². The van der Waals surface area contributed by atoms with Gasteiger partial charge in [-0.1, -0.05) is 36.4 Å². The molecule has 0 fully saturated rings. The molecule has 1 aliphatic rings. The van der Waals surface area contributed by atoms with Crippen LogP contribution in [-0.2, 0) is 19.1 Å². The van der Waals surface area contributed by atoms with Crippen molar-refractivity contribution in [2.45, 2.75) is 31.7 Å². The molecule has 0 spiro atoms. The molecular weight excluding hydrogens is 260 g/mol. The lowest BCUT2D eigenvalue weighted by molar-refractivity contribution is -0.167. The Morgan fingerprint density at radius 3 is 2.70 bits per heavy atom. The lowest BCUT2D eigenvalue weighted by Gasteiger charge is -2.30. The Kier molecular flexibility index (Phi) is 4.53. The highest BCUT2D eigenvalue weighted by molar-refractivity contribution is 5.82. The average molecular weight is 276 g/mol. The summed E-state index contributed by atoms with van der Waals surface area (Å²) < 4.78 is 10.2. The highest BCUT2D eigenvalue weighted by Crippen LogP contribution is 2.27. The summed E-state index contributed by atoms with van der Waals surface area (Å²) in [5, 5.41) is 10.4. The van der Waals surface area contributed by atoms with Gasteiger partial charge in [-0.25, -0.2) is 4.79 Å². The summed E-state index contributed by atoms with van der Waals surface area (Å²) in [7, 11) is 0. The van der Waals surface area contributed by atoms with Crippen LogP contribution >= 0.6 is 0 Å². The van der Waals surface area contributed by atoms with Crippen LogP contribution in [0.15, 0.2) is 42.5 Å². The van der Waals surface area contributed by atoms with Crippen molar-refractivity contribution in [3.05, 3.63) is 48.0 Å². The van der Waals surface area contributed by atoms with Gasteiger partial charge in [0, 0.05) is 19.4 Å². The third kappa shape index (κ3) is 3.45. The van der Waals surface area contributed by atoms with Crippen molar-refractivity contribution in [1.29, 1.82) is 0 Å². The van der Waals surface area contributed by atoms with E-state index in [-0.39, 0.29) is 0 Å². The Labute approximate surface area is 116 Å². The van der Waals surface area contributed by atoms with Crippen LogP contribution in [-0.4, -0.2) is 29.3 Å². The predicted molar refractivity (Wildman–Crippen MR) is 70.6 cm³/mol. The molecule has 20 heavy (non-hydrogen) atoms. The number of rotatable bonds is 4. The van der Waals surface area contributed by atoms with Gasteiger partial charge in [-0.2, -0.15) is 0 Å². The molecule has 5 nitrogen and oxygen atoms in total. The zero-order valence-electron chi connectivity index (χ0n) is 11.1. The minimum atomic E-state index is -1.12. The van der Waals surface area contributed by atoms with Gasteiger partial charge in [0.05, 0.1) is 0 Å². The molecule has 0 amide bonds. The van der Waals surface area contributed by atoms with Gasteiger partial charge in [0.2, 0.25) is 0 Å². The van der Waals surface area contributed by atoms with Crippen LogP contribution in [0.4, 0.5) is 0 Å².